The number of nitrogens with one attached hydrogen (secondary N) is 1. The first-order valence-electron chi connectivity index (χ1n) is 10.2. The Hall–Kier alpha value is -2.93. The van der Waals surface area contributed by atoms with Gasteiger partial charge in [-0.15, -0.1) is 11.3 Å². The highest BCUT2D eigenvalue weighted by atomic mass is 32.1. The molecule has 7 heteroatoms. The zero-order valence-electron chi connectivity index (χ0n) is 17.5. The van der Waals surface area contributed by atoms with Crippen molar-refractivity contribution in [1.29, 1.82) is 0 Å². The summed E-state index contributed by atoms with van der Waals surface area (Å²) in [6, 6.07) is 12.1. The second kappa shape index (κ2) is 8.44. The SMILES string of the molecule is Cc1ccc(N2CC(C(=O)NCCn3nc(-c4cccs4)cc3C)CC2=O)cc1C. The molecule has 0 saturated carbocycles. The molecule has 3 aromatic rings. The third-order valence-electron chi connectivity index (χ3n) is 5.68. The van der Waals surface area contributed by atoms with E-state index in [1.54, 1.807) is 16.2 Å². The molecule has 2 aromatic heterocycles. The van der Waals surface area contributed by atoms with E-state index in [0.717, 1.165) is 27.5 Å². The maximum Gasteiger partial charge on any atom is 0.227 e. The topological polar surface area (TPSA) is 67.2 Å². The van der Waals surface area contributed by atoms with Gasteiger partial charge >= 0.3 is 0 Å². The van der Waals surface area contributed by atoms with Crippen LogP contribution < -0.4 is 10.2 Å². The first-order chi connectivity index (χ1) is 14.4. The number of nitrogens with zero attached hydrogens (tertiary/aromatic N) is 3. The normalized spacial score (nSPS) is 16.3. The van der Waals surface area contributed by atoms with Gasteiger partial charge < -0.3 is 10.2 Å². The van der Waals surface area contributed by atoms with Crippen LogP contribution in [-0.2, 0) is 16.1 Å². The molecule has 4 rings (SSSR count). The molecule has 1 saturated heterocycles. The minimum Gasteiger partial charge on any atom is -0.354 e. The number of hydrogen-bond donors (Lipinski definition) is 1. The molecule has 1 fully saturated rings. The van der Waals surface area contributed by atoms with Gasteiger partial charge in [-0.25, -0.2) is 0 Å². The van der Waals surface area contributed by atoms with Gasteiger partial charge in [0.1, 0.15) is 5.69 Å². The molecule has 0 aliphatic carbocycles. The largest absolute Gasteiger partial charge is 0.354 e. The summed E-state index contributed by atoms with van der Waals surface area (Å²) >= 11 is 1.66. The Labute approximate surface area is 180 Å². The average Bonchev–Trinajstić information content (AvgIpc) is 3.45. The van der Waals surface area contributed by atoms with Gasteiger partial charge in [0, 0.05) is 30.9 Å². The molecule has 1 N–H and O–H groups in total. The van der Waals surface area contributed by atoms with Crippen molar-refractivity contribution in [2.24, 2.45) is 5.92 Å². The summed E-state index contributed by atoms with van der Waals surface area (Å²) in [5.41, 5.74) is 5.22. The van der Waals surface area contributed by atoms with E-state index in [-0.39, 0.29) is 24.2 Å². The van der Waals surface area contributed by atoms with Crippen LogP contribution in [0.15, 0.2) is 41.8 Å². The van der Waals surface area contributed by atoms with E-state index in [4.69, 9.17) is 0 Å². The molecule has 156 valence electrons. The lowest BCUT2D eigenvalue weighted by molar-refractivity contribution is -0.126. The Morgan fingerprint density at radius 3 is 2.77 bits per heavy atom. The summed E-state index contributed by atoms with van der Waals surface area (Å²) in [6.45, 7) is 7.61. The van der Waals surface area contributed by atoms with Crippen molar-refractivity contribution in [2.75, 3.05) is 18.0 Å². The van der Waals surface area contributed by atoms with E-state index in [2.05, 4.69) is 22.5 Å². The predicted molar refractivity (Wildman–Crippen MR) is 120 cm³/mol. The number of carbonyl (C=O) groups is 2. The Bertz CT molecular complexity index is 1070. The van der Waals surface area contributed by atoms with Crippen molar-refractivity contribution < 1.29 is 9.59 Å². The maximum absolute atomic E-state index is 12.6. The summed E-state index contributed by atoms with van der Waals surface area (Å²) in [7, 11) is 0. The first-order valence-corrected chi connectivity index (χ1v) is 11.0. The second-order valence-corrected chi connectivity index (χ2v) is 8.78. The van der Waals surface area contributed by atoms with E-state index in [0.29, 0.717) is 19.6 Å². The molecule has 0 bridgehead atoms. The van der Waals surface area contributed by atoms with Crippen LogP contribution in [0.3, 0.4) is 0 Å². The molecule has 3 heterocycles. The van der Waals surface area contributed by atoms with Gasteiger partial charge in [-0.1, -0.05) is 12.1 Å². The van der Waals surface area contributed by atoms with Crippen LogP contribution >= 0.6 is 11.3 Å². The minimum atomic E-state index is -0.320. The zero-order chi connectivity index (χ0) is 21.3. The number of carbonyl (C=O) groups excluding carboxylic acids is 2. The van der Waals surface area contributed by atoms with Crippen LogP contribution in [0.1, 0.15) is 23.2 Å². The molecule has 0 spiro atoms. The Morgan fingerprint density at radius 2 is 2.03 bits per heavy atom. The Morgan fingerprint density at radius 1 is 1.20 bits per heavy atom. The van der Waals surface area contributed by atoms with E-state index in [1.807, 2.05) is 55.1 Å². The fourth-order valence-electron chi connectivity index (χ4n) is 3.74. The van der Waals surface area contributed by atoms with Gasteiger partial charge in [0.2, 0.25) is 11.8 Å². The van der Waals surface area contributed by atoms with Crippen molar-refractivity contribution >= 4 is 28.8 Å². The lowest BCUT2D eigenvalue weighted by Crippen LogP contribution is -2.35. The van der Waals surface area contributed by atoms with Gasteiger partial charge in [0.25, 0.3) is 0 Å². The fraction of sp³-hybridized carbons (Fsp3) is 0.348. The summed E-state index contributed by atoms with van der Waals surface area (Å²) in [4.78, 5) is 28.0. The Balaban J connectivity index is 1.33. The lowest BCUT2D eigenvalue weighted by Gasteiger charge is -2.18. The minimum absolute atomic E-state index is 0.00177. The number of rotatable bonds is 6. The third kappa shape index (κ3) is 4.16. The monoisotopic (exact) mass is 422 g/mol. The summed E-state index contributed by atoms with van der Waals surface area (Å²) in [6.07, 6.45) is 0.252. The van der Waals surface area contributed by atoms with Gasteiger partial charge in [-0.2, -0.15) is 5.10 Å². The number of amides is 2. The highest BCUT2D eigenvalue weighted by molar-refractivity contribution is 7.13. The predicted octanol–water partition coefficient (Wildman–Crippen LogP) is 3.71. The van der Waals surface area contributed by atoms with E-state index >= 15 is 0 Å². The molecular weight excluding hydrogens is 396 g/mol. The van der Waals surface area contributed by atoms with Crippen LogP contribution in [0.2, 0.25) is 0 Å². The van der Waals surface area contributed by atoms with Crippen LogP contribution in [0, 0.1) is 26.7 Å². The molecule has 6 nitrogen and oxygen atoms in total. The number of aromatic nitrogens is 2. The first kappa shape index (κ1) is 20.3. The fourth-order valence-corrected chi connectivity index (χ4v) is 4.42. The van der Waals surface area contributed by atoms with Crippen molar-refractivity contribution in [3.63, 3.8) is 0 Å². The molecule has 0 radical (unpaired) electrons. The Kier molecular flexibility index (Phi) is 5.72. The third-order valence-corrected chi connectivity index (χ3v) is 6.57. The van der Waals surface area contributed by atoms with Gasteiger partial charge in [-0.3, -0.25) is 14.3 Å². The van der Waals surface area contributed by atoms with Crippen LogP contribution in [0.5, 0.6) is 0 Å². The molecule has 30 heavy (non-hydrogen) atoms. The quantitative estimate of drug-likeness (QED) is 0.659. The van der Waals surface area contributed by atoms with E-state index in [1.165, 1.54) is 5.56 Å². The standard InChI is InChI=1S/C23H26N4O2S/c1-15-6-7-19(11-16(15)2)26-14-18(13-22(26)28)23(29)24-8-9-27-17(3)12-20(25-27)21-5-4-10-30-21/h4-7,10-12,18H,8-9,13-14H2,1-3H3,(H,24,29). The van der Waals surface area contributed by atoms with Gasteiger partial charge in [-0.05, 0) is 61.5 Å². The second-order valence-electron chi connectivity index (χ2n) is 7.84. The molecule has 2 amide bonds. The summed E-state index contributed by atoms with van der Waals surface area (Å²) in [5, 5.41) is 9.66. The number of anilines is 1. The lowest BCUT2D eigenvalue weighted by atomic mass is 10.1. The average molecular weight is 423 g/mol. The smallest absolute Gasteiger partial charge is 0.227 e. The molecule has 1 aliphatic rings. The van der Waals surface area contributed by atoms with E-state index in [9.17, 15) is 9.59 Å². The summed E-state index contributed by atoms with van der Waals surface area (Å²) < 4.78 is 1.91. The molecule has 1 atom stereocenters. The highest BCUT2D eigenvalue weighted by Gasteiger charge is 2.35. The molecule has 1 unspecified atom stereocenters. The maximum atomic E-state index is 12.6. The van der Waals surface area contributed by atoms with Crippen LogP contribution in [0.4, 0.5) is 5.69 Å². The van der Waals surface area contributed by atoms with Crippen molar-refractivity contribution in [2.45, 2.75) is 33.7 Å². The number of hydrogen-bond acceptors (Lipinski definition) is 4. The zero-order valence-corrected chi connectivity index (χ0v) is 18.3. The molecule has 1 aromatic carbocycles. The summed E-state index contributed by atoms with van der Waals surface area (Å²) in [5.74, 6) is -0.389. The molecule has 1 aliphatic heterocycles. The molecular formula is C23H26N4O2S. The van der Waals surface area contributed by atoms with Gasteiger partial charge in [0.05, 0.1) is 17.3 Å². The number of thiophene rings is 1. The van der Waals surface area contributed by atoms with Crippen LogP contribution in [-0.4, -0.2) is 34.7 Å². The van der Waals surface area contributed by atoms with Crippen molar-refractivity contribution in [1.82, 2.24) is 15.1 Å². The van der Waals surface area contributed by atoms with E-state index < -0.39 is 0 Å². The van der Waals surface area contributed by atoms with Crippen LogP contribution in [0.25, 0.3) is 10.6 Å². The van der Waals surface area contributed by atoms with Gasteiger partial charge in [0.15, 0.2) is 0 Å². The van der Waals surface area contributed by atoms with Crippen molar-refractivity contribution in [3.05, 3.63) is 58.6 Å². The number of benzene rings is 1. The number of aryl methyl sites for hydroxylation is 3. The highest BCUT2D eigenvalue weighted by Crippen LogP contribution is 2.27. The van der Waals surface area contributed by atoms with Crippen molar-refractivity contribution in [3.8, 4) is 10.6 Å².